The van der Waals surface area contributed by atoms with E-state index in [1.54, 1.807) is 30.9 Å². The summed E-state index contributed by atoms with van der Waals surface area (Å²) in [6, 6.07) is 12.0. The molecule has 2 amide bonds. The van der Waals surface area contributed by atoms with E-state index in [4.69, 9.17) is 14.9 Å². The van der Waals surface area contributed by atoms with E-state index in [1.807, 2.05) is 24.3 Å². The third-order valence-electron chi connectivity index (χ3n) is 6.48. The molecule has 1 aromatic carbocycles. The summed E-state index contributed by atoms with van der Waals surface area (Å²) in [7, 11) is 1.70. The summed E-state index contributed by atoms with van der Waals surface area (Å²) in [6.45, 7) is 6.03. The Kier molecular flexibility index (Phi) is 7.59. The molecule has 0 spiro atoms. The lowest BCUT2D eigenvalue weighted by atomic mass is 10.0. The number of hydrogen-bond acceptors (Lipinski definition) is 7. The number of carbonyl (C=O) groups excluding carboxylic acids is 2. The molecular formula is C29H27F2N5O4S. The summed E-state index contributed by atoms with van der Waals surface area (Å²) in [6.07, 6.45) is -1.19. The van der Waals surface area contributed by atoms with Crippen molar-refractivity contribution in [1.29, 1.82) is 0 Å². The molecule has 41 heavy (non-hydrogen) atoms. The van der Waals surface area contributed by atoms with Crippen molar-refractivity contribution >= 4 is 39.1 Å². The van der Waals surface area contributed by atoms with Crippen LogP contribution >= 0.6 is 11.3 Å². The number of thiophene rings is 1. The van der Waals surface area contributed by atoms with Gasteiger partial charge in [0.05, 0.1) is 11.4 Å². The minimum Gasteiger partial charge on any atom is -0.486 e. The number of pyridine rings is 1. The Labute approximate surface area is 237 Å². The Bertz CT molecular complexity index is 1750. The highest BCUT2D eigenvalue weighted by atomic mass is 32.1. The van der Waals surface area contributed by atoms with Crippen molar-refractivity contribution in [3.63, 3.8) is 0 Å². The van der Waals surface area contributed by atoms with Crippen LogP contribution in [0, 0.1) is 6.92 Å². The molecule has 4 heterocycles. The standard InChI is InChI=1S/C29H27F2N5O4S/c1-14(2)16-5-7-17(8-6-16)39-13-18-9-10-22(40-18)28(38)34-24-23-19(20-12-36(4)35-15(20)3)11-21(26(30)31)33-29(23)41-25(24)27(32)37/h5-12,14,26H,13H2,1-4H3,(H2,32,37)(H,34,38). The second-order valence-electron chi connectivity index (χ2n) is 9.78. The maximum absolute atomic E-state index is 13.8. The molecule has 0 aliphatic heterocycles. The van der Waals surface area contributed by atoms with Crippen LogP contribution in [0.4, 0.5) is 14.5 Å². The summed E-state index contributed by atoms with van der Waals surface area (Å²) in [5, 5.41) is 7.31. The summed E-state index contributed by atoms with van der Waals surface area (Å²) >= 11 is 0.824. The number of carbonyl (C=O) groups is 2. The Hall–Kier alpha value is -4.58. The summed E-state index contributed by atoms with van der Waals surface area (Å²) in [5.41, 5.74) is 7.86. The zero-order valence-corrected chi connectivity index (χ0v) is 23.5. The number of nitrogens with two attached hydrogens (primary N) is 1. The zero-order valence-electron chi connectivity index (χ0n) is 22.7. The molecule has 0 saturated carbocycles. The number of anilines is 1. The lowest BCUT2D eigenvalue weighted by Crippen LogP contribution is -2.16. The fourth-order valence-electron chi connectivity index (χ4n) is 4.45. The van der Waals surface area contributed by atoms with Gasteiger partial charge in [-0.15, -0.1) is 11.3 Å². The van der Waals surface area contributed by atoms with Crippen LogP contribution in [0.25, 0.3) is 21.3 Å². The van der Waals surface area contributed by atoms with Crippen LogP contribution in [0.1, 0.15) is 69.1 Å². The minimum atomic E-state index is -2.86. The van der Waals surface area contributed by atoms with E-state index in [9.17, 15) is 18.4 Å². The third kappa shape index (κ3) is 5.68. The monoisotopic (exact) mass is 579 g/mol. The molecule has 12 heteroatoms. The van der Waals surface area contributed by atoms with Crippen molar-refractivity contribution in [2.75, 3.05) is 5.32 Å². The summed E-state index contributed by atoms with van der Waals surface area (Å²) in [5.74, 6) is -0.0776. The number of ether oxygens (including phenoxy) is 1. The maximum atomic E-state index is 13.8. The SMILES string of the molecule is Cc1nn(C)cc1-c1cc(C(F)F)nc2sc(C(N)=O)c(NC(=O)c3ccc(COc4ccc(C(C)C)cc4)o3)c12. The molecular weight excluding hydrogens is 552 g/mol. The summed E-state index contributed by atoms with van der Waals surface area (Å²) in [4.78, 5) is 29.8. The van der Waals surface area contributed by atoms with Gasteiger partial charge in [0.15, 0.2) is 5.76 Å². The van der Waals surface area contributed by atoms with Gasteiger partial charge in [-0.2, -0.15) is 5.10 Å². The van der Waals surface area contributed by atoms with E-state index in [1.165, 1.54) is 17.7 Å². The molecule has 0 saturated heterocycles. The van der Waals surface area contributed by atoms with Gasteiger partial charge in [-0.25, -0.2) is 13.8 Å². The molecule has 0 aliphatic rings. The van der Waals surface area contributed by atoms with Gasteiger partial charge in [0.2, 0.25) is 0 Å². The van der Waals surface area contributed by atoms with Crippen molar-refractivity contribution in [3.8, 4) is 16.9 Å². The minimum absolute atomic E-state index is 0.0324. The van der Waals surface area contributed by atoms with Crippen LogP contribution in [0.2, 0.25) is 0 Å². The van der Waals surface area contributed by atoms with E-state index in [2.05, 4.69) is 29.2 Å². The number of rotatable bonds is 9. The number of fused-ring (bicyclic) bond motifs is 1. The van der Waals surface area contributed by atoms with Gasteiger partial charge in [0.1, 0.15) is 33.5 Å². The first-order chi connectivity index (χ1) is 19.5. The topological polar surface area (TPSA) is 125 Å². The molecule has 0 unspecified atom stereocenters. The molecule has 0 aliphatic carbocycles. The molecule has 5 aromatic rings. The van der Waals surface area contributed by atoms with Crippen molar-refractivity contribution in [3.05, 3.63) is 82.0 Å². The number of benzene rings is 1. The highest BCUT2D eigenvalue weighted by molar-refractivity contribution is 7.21. The average Bonchev–Trinajstić information content (AvgIpc) is 3.64. The highest BCUT2D eigenvalue weighted by Crippen LogP contribution is 2.43. The second-order valence-corrected chi connectivity index (χ2v) is 10.8. The third-order valence-corrected chi connectivity index (χ3v) is 7.58. The maximum Gasteiger partial charge on any atom is 0.291 e. The van der Waals surface area contributed by atoms with Crippen LogP contribution in [0.5, 0.6) is 5.75 Å². The van der Waals surface area contributed by atoms with Crippen LogP contribution in [-0.2, 0) is 13.7 Å². The van der Waals surface area contributed by atoms with Gasteiger partial charge < -0.3 is 20.2 Å². The number of primary amides is 1. The largest absolute Gasteiger partial charge is 0.486 e. The number of nitrogens with one attached hydrogen (secondary N) is 1. The van der Waals surface area contributed by atoms with Crippen LogP contribution in [0.3, 0.4) is 0 Å². The van der Waals surface area contributed by atoms with Gasteiger partial charge in [-0.1, -0.05) is 26.0 Å². The fourth-order valence-corrected chi connectivity index (χ4v) is 5.47. The van der Waals surface area contributed by atoms with Gasteiger partial charge in [-0.05, 0) is 54.3 Å². The van der Waals surface area contributed by atoms with Crippen LogP contribution in [0.15, 0.2) is 53.1 Å². The van der Waals surface area contributed by atoms with E-state index in [0.29, 0.717) is 39.6 Å². The lowest BCUT2D eigenvalue weighted by molar-refractivity contribution is 0.0992. The Morgan fingerprint density at radius 1 is 1.15 bits per heavy atom. The van der Waals surface area contributed by atoms with Gasteiger partial charge in [-0.3, -0.25) is 14.3 Å². The number of furan rings is 1. The van der Waals surface area contributed by atoms with Gasteiger partial charge >= 0.3 is 0 Å². The highest BCUT2D eigenvalue weighted by Gasteiger charge is 2.27. The molecule has 0 fully saturated rings. The number of alkyl halides is 2. The molecule has 9 nitrogen and oxygen atoms in total. The van der Waals surface area contributed by atoms with Gasteiger partial charge in [0, 0.05) is 24.2 Å². The van der Waals surface area contributed by atoms with E-state index in [-0.39, 0.29) is 27.8 Å². The molecule has 0 radical (unpaired) electrons. The van der Waals surface area contributed by atoms with Gasteiger partial charge in [0.25, 0.3) is 18.2 Å². The van der Waals surface area contributed by atoms with Crippen molar-refractivity contribution in [1.82, 2.24) is 14.8 Å². The number of amides is 2. The number of hydrogen-bond donors (Lipinski definition) is 2. The number of aromatic nitrogens is 3. The molecule has 0 bridgehead atoms. The van der Waals surface area contributed by atoms with Crippen molar-refractivity contribution in [2.24, 2.45) is 12.8 Å². The smallest absolute Gasteiger partial charge is 0.291 e. The Morgan fingerprint density at radius 3 is 2.49 bits per heavy atom. The first-order valence-electron chi connectivity index (χ1n) is 12.7. The molecule has 3 N–H and O–H groups in total. The van der Waals surface area contributed by atoms with Crippen LogP contribution in [-0.4, -0.2) is 26.6 Å². The Balaban J connectivity index is 1.46. The molecule has 212 valence electrons. The lowest BCUT2D eigenvalue weighted by Gasteiger charge is -2.10. The Morgan fingerprint density at radius 2 is 1.88 bits per heavy atom. The van der Waals surface area contributed by atoms with E-state index < -0.39 is 23.9 Å². The number of aryl methyl sites for hydroxylation is 2. The number of nitrogens with zero attached hydrogens (tertiary/aromatic N) is 3. The number of halogens is 2. The average molecular weight is 580 g/mol. The van der Waals surface area contributed by atoms with Crippen molar-refractivity contribution < 1.29 is 27.5 Å². The van der Waals surface area contributed by atoms with Crippen LogP contribution < -0.4 is 15.8 Å². The second kappa shape index (κ2) is 11.1. The molecule has 5 rings (SSSR count). The van der Waals surface area contributed by atoms with Crippen molar-refractivity contribution in [2.45, 2.75) is 39.7 Å². The first kappa shape index (κ1) is 28.0. The van der Waals surface area contributed by atoms with E-state index in [0.717, 1.165) is 11.3 Å². The summed E-state index contributed by atoms with van der Waals surface area (Å²) < 4.78 is 40.5. The fraction of sp³-hybridized carbons (Fsp3) is 0.241. The predicted molar refractivity (Wildman–Crippen MR) is 152 cm³/mol. The van der Waals surface area contributed by atoms with E-state index >= 15 is 0 Å². The quantitative estimate of drug-likeness (QED) is 0.203. The normalized spacial score (nSPS) is 11.5. The molecule has 4 aromatic heterocycles. The predicted octanol–water partition coefficient (Wildman–Crippen LogP) is 6.59. The first-order valence-corrected chi connectivity index (χ1v) is 13.5. The zero-order chi connectivity index (χ0) is 29.4. The molecule has 0 atom stereocenters.